The second kappa shape index (κ2) is 7.49. The van der Waals surface area contributed by atoms with Crippen LogP contribution in [0.25, 0.3) is 0 Å². The second-order valence-corrected chi connectivity index (χ2v) is 6.02. The Labute approximate surface area is 152 Å². The molecule has 0 bridgehead atoms. The maximum absolute atomic E-state index is 12.4. The van der Waals surface area contributed by atoms with E-state index in [-0.39, 0.29) is 5.91 Å². The number of hydrogen-bond acceptors (Lipinski definition) is 4. The maximum atomic E-state index is 12.4. The van der Waals surface area contributed by atoms with Gasteiger partial charge in [-0.1, -0.05) is 12.1 Å². The number of carbonyl (C=O) groups is 1. The monoisotopic (exact) mass is 342 g/mol. The van der Waals surface area contributed by atoms with Crippen LogP contribution in [0.4, 0.5) is 17.1 Å². The minimum atomic E-state index is -0.306. The van der Waals surface area contributed by atoms with Crippen LogP contribution in [0.3, 0.4) is 0 Å². The first-order valence-corrected chi connectivity index (χ1v) is 8.17. The predicted molar refractivity (Wildman–Crippen MR) is 103 cm³/mol. The summed E-state index contributed by atoms with van der Waals surface area (Å²) in [5.41, 5.74) is 5.53. The number of nitriles is 1. The van der Waals surface area contributed by atoms with Gasteiger partial charge in [0.15, 0.2) is 0 Å². The molecule has 5 heteroatoms. The summed E-state index contributed by atoms with van der Waals surface area (Å²) in [6.45, 7) is 4.06. The molecule has 2 aromatic carbocycles. The number of hydrogen-bond donors (Lipinski definition) is 2. The van der Waals surface area contributed by atoms with Gasteiger partial charge in [0.25, 0.3) is 5.91 Å². The molecule has 5 nitrogen and oxygen atoms in total. The summed E-state index contributed by atoms with van der Waals surface area (Å²) in [6, 6.07) is 18.4. The van der Waals surface area contributed by atoms with E-state index < -0.39 is 0 Å². The fourth-order valence-corrected chi connectivity index (χ4v) is 2.48. The van der Waals surface area contributed by atoms with Gasteiger partial charge in [-0.25, -0.2) is 0 Å². The third-order valence-electron chi connectivity index (χ3n) is 3.94. The van der Waals surface area contributed by atoms with Crippen LogP contribution in [-0.4, -0.2) is 10.9 Å². The largest absolute Gasteiger partial charge is 0.355 e. The van der Waals surface area contributed by atoms with E-state index in [4.69, 9.17) is 5.26 Å². The lowest BCUT2D eigenvalue weighted by Gasteiger charge is -2.11. The lowest BCUT2D eigenvalue weighted by molar-refractivity contribution is 0.102. The zero-order valence-electron chi connectivity index (χ0n) is 14.6. The molecule has 0 unspecified atom stereocenters. The molecule has 128 valence electrons. The van der Waals surface area contributed by atoms with Gasteiger partial charge in [0.2, 0.25) is 0 Å². The average molecular weight is 342 g/mol. The summed E-state index contributed by atoms with van der Waals surface area (Å²) >= 11 is 0. The van der Waals surface area contributed by atoms with Gasteiger partial charge in [-0.3, -0.25) is 9.78 Å². The molecule has 1 aromatic heterocycles. The number of carbonyl (C=O) groups excluding carboxylic acids is 1. The number of aromatic nitrogens is 1. The molecule has 0 saturated carbocycles. The second-order valence-electron chi connectivity index (χ2n) is 6.02. The third-order valence-corrected chi connectivity index (χ3v) is 3.94. The van der Waals surface area contributed by atoms with E-state index in [2.05, 4.69) is 33.8 Å². The Morgan fingerprint density at radius 3 is 2.50 bits per heavy atom. The lowest BCUT2D eigenvalue weighted by Crippen LogP contribution is -2.13. The number of amides is 1. The highest BCUT2D eigenvalue weighted by Crippen LogP contribution is 2.22. The number of anilines is 3. The van der Waals surface area contributed by atoms with Gasteiger partial charge < -0.3 is 10.6 Å². The fourth-order valence-electron chi connectivity index (χ4n) is 2.48. The number of nitrogens with one attached hydrogen (secondary N) is 2. The maximum Gasteiger partial charge on any atom is 0.274 e. The first-order chi connectivity index (χ1) is 12.5. The standard InChI is InChI=1S/C21H18N4O/c1-14-3-4-15(2)19(11-14)24-18-9-10-23-20(12-18)21(26)25-17-7-5-16(13-22)6-8-17/h3-12H,1-2H3,(H,23,24)(H,25,26). The molecule has 0 aliphatic heterocycles. The SMILES string of the molecule is Cc1ccc(C)c(Nc2ccnc(C(=O)Nc3ccc(C#N)cc3)c2)c1. The van der Waals surface area contributed by atoms with Crippen molar-refractivity contribution in [3.8, 4) is 6.07 Å². The van der Waals surface area contributed by atoms with Crippen LogP contribution in [0, 0.1) is 25.2 Å². The normalized spacial score (nSPS) is 10.0. The molecule has 3 rings (SSSR count). The molecule has 0 aliphatic rings. The van der Waals surface area contributed by atoms with Gasteiger partial charge in [-0.2, -0.15) is 5.26 Å². The minimum absolute atomic E-state index is 0.306. The van der Waals surface area contributed by atoms with Crippen molar-refractivity contribution in [3.63, 3.8) is 0 Å². The van der Waals surface area contributed by atoms with Gasteiger partial charge >= 0.3 is 0 Å². The van der Waals surface area contributed by atoms with E-state index in [9.17, 15) is 4.79 Å². The molecule has 0 fully saturated rings. The Morgan fingerprint density at radius 1 is 1.00 bits per heavy atom. The molecule has 0 aliphatic carbocycles. The highest BCUT2D eigenvalue weighted by molar-refractivity contribution is 6.03. The molecule has 0 saturated heterocycles. The van der Waals surface area contributed by atoms with Crippen molar-refractivity contribution >= 4 is 23.0 Å². The molecule has 3 aromatic rings. The predicted octanol–water partition coefficient (Wildman–Crippen LogP) is 4.57. The van der Waals surface area contributed by atoms with Crippen LogP contribution in [0.1, 0.15) is 27.2 Å². The molecule has 0 radical (unpaired) electrons. The highest BCUT2D eigenvalue weighted by Gasteiger charge is 2.09. The summed E-state index contributed by atoms with van der Waals surface area (Å²) in [5.74, 6) is -0.306. The van der Waals surface area contributed by atoms with Crippen molar-refractivity contribution in [3.05, 3.63) is 83.2 Å². The lowest BCUT2D eigenvalue weighted by atomic mass is 10.1. The van der Waals surface area contributed by atoms with E-state index >= 15 is 0 Å². The van der Waals surface area contributed by atoms with Crippen LogP contribution in [-0.2, 0) is 0 Å². The summed E-state index contributed by atoms with van der Waals surface area (Å²) in [7, 11) is 0. The molecule has 0 atom stereocenters. The zero-order valence-corrected chi connectivity index (χ0v) is 14.6. The smallest absolute Gasteiger partial charge is 0.274 e. The van der Waals surface area contributed by atoms with E-state index in [1.54, 1.807) is 36.5 Å². The van der Waals surface area contributed by atoms with Gasteiger partial charge in [-0.05, 0) is 67.4 Å². The van der Waals surface area contributed by atoms with Crippen LogP contribution < -0.4 is 10.6 Å². The number of pyridine rings is 1. The van der Waals surface area contributed by atoms with Crippen LogP contribution in [0.5, 0.6) is 0 Å². The van der Waals surface area contributed by atoms with Crippen molar-refractivity contribution in [2.75, 3.05) is 10.6 Å². The number of benzene rings is 2. The Morgan fingerprint density at radius 2 is 1.77 bits per heavy atom. The Bertz CT molecular complexity index is 988. The quantitative estimate of drug-likeness (QED) is 0.728. The van der Waals surface area contributed by atoms with E-state index in [0.29, 0.717) is 16.9 Å². The van der Waals surface area contributed by atoms with Crippen LogP contribution in [0.2, 0.25) is 0 Å². The highest BCUT2D eigenvalue weighted by atomic mass is 16.1. The summed E-state index contributed by atoms with van der Waals surface area (Å²) in [6.07, 6.45) is 1.60. The number of aryl methyl sites for hydroxylation is 2. The molecular formula is C21H18N4O. The molecular weight excluding hydrogens is 324 g/mol. The van der Waals surface area contributed by atoms with Crippen molar-refractivity contribution < 1.29 is 4.79 Å². The number of rotatable bonds is 4. The third kappa shape index (κ3) is 4.05. The van der Waals surface area contributed by atoms with Gasteiger partial charge in [0.1, 0.15) is 5.69 Å². The number of nitrogens with zero attached hydrogens (tertiary/aromatic N) is 2. The topological polar surface area (TPSA) is 77.8 Å². The van der Waals surface area contributed by atoms with E-state index in [1.807, 2.05) is 26.0 Å². The van der Waals surface area contributed by atoms with Gasteiger partial charge in [-0.15, -0.1) is 0 Å². The minimum Gasteiger partial charge on any atom is -0.355 e. The Balaban J connectivity index is 1.76. The first kappa shape index (κ1) is 17.2. The zero-order chi connectivity index (χ0) is 18.5. The van der Waals surface area contributed by atoms with Crippen LogP contribution in [0.15, 0.2) is 60.8 Å². The van der Waals surface area contributed by atoms with Crippen LogP contribution >= 0.6 is 0 Å². The molecule has 26 heavy (non-hydrogen) atoms. The van der Waals surface area contributed by atoms with Gasteiger partial charge in [0.05, 0.1) is 11.6 Å². The van der Waals surface area contributed by atoms with Crippen molar-refractivity contribution in [1.29, 1.82) is 5.26 Å². The van der Waals surface area contributed by atoms with E-state index in [1.165, 1.54) is 0 Å². The molecule has 0 spiro atoms. The Hall–Kier alpha value is -3.65. The first-order valence-electron chi connectivity index (χ1n) is 8.17. The summed E-state index contributed by atoms with van der Waals surface area (Å²) < 4.78 is 0. The average Bonchev–Trinajstić information content (AvgIpc) is 2.65. The van der Waals surface area contributed by atoms with E-state index in [0.717, 1.165) is 22.5 Å². The molecule has 1 heterocycles. The Kier molecular flexibility index (Phi) is 4.95. The van der Waals surface area contributed by atoms with Gasteiger partial charge in [0, 0.05) is 23.3 Å². The van der Waals surface area contributed by atoms with Crippen molar-refractivity contribution in [1.82, 2.24) is 4.98 Å². The summed E-state index contributed by atoms with van der Waals surface area (Å²) in [5, 5.41) is 14.9. The summed E-state index contributed by atoms with van der Waals surface area (Å²) in [4.78, 5) is 16.6. The van der Waals surface area contributed by atoms with Crippen molar-refractivity contribution in [2.24, 2.45) is 0 Å². The molecule has 1 amide bonds. The molecule has 2 N–H and O–H groups in total. The fraction of sp³-hybridized carbons (Fsp3) is 0.0952. The van der Waals surface area contributed by atoms with Crippen molar-refractivity contribution in [2.45, 2.75) is 13.8 Å².